The van der Waals surface area contributed by atoms with E-state index >= 15 is 0 Å². The molecule has 5 nitrogen and oxygen atoms in total. The summed E-state index contributed by atoms with van der Waals surface area (Å²) in [5.74, 6) is 0.294. The van der Waals surface area contributed by atoms with Crippen molar-refractivity contribution in [3.8, 4) is 5.88 Å². The minimum absolute atomic E-state index is 0.287. The molecule has 0 aliphatic rings. The first-order valence-corrected chi connectivity index (χ1v) is 6.07. The highest BCUT2D eigenvalue weighted by Crippen LogP contribution is 2.35. The number of oxazole rings is 1. The van der Waals surface area contributed by atoms with Crippen molar-refractivity contribution in [2.75, 3.05) is 0 Å². The van der Waals surface area contributed by atoms with Crippen molar-refractivity contribution in [1.82, 2.24) is 9.97 Å². The summed E-state index contributed by atoms with van der Waals surface area (Å²) in [6, 6.07) is 9.73. The SMILES string of the molecule is [C-]#[N+]c1c(OCc2ccccc2)nc(C)c2ocnc12. The van der Waals surface area contributed by atoms with Gasteiger partial charge in [0.15, 0.2) is 12.0 Å². The summed E-state index contributed by atoms with van der Waals surface area (Å²) in [5, 5.41) is 0. The molecule has 3 aromatic rings. The number of rotatable bonds is 3. The van der Waals surface area contributed by atoms with Gasteiger partial charge in [-0.05, 0) is 12.5 Å². The molecule has 0 saturated carbocycles. The van der Waals surface area contributed by atoms with E-state index in [1.807, 2.05) is 30.3 Å². The second-order valence-corrected chi connectivity index (χ2v) is 4.27. The average Bonchev–Trinajstić information content (AvgIpc) is 2.96. The van der Waals surface area contributed by atoms with Gasteiger partial charge in [-0.2, -0.15) is 0 Å². The lowest BCUT2D eigenvalue weighted by molar-refractivity contribution is 0.296. The van der Waals surface area contributed by atoms with E-state index in [0.29, 0.717) is 29.3 Å². The van der Waals surface area contributed by atoms with E-state index in [1.165, 1.54) is 6.39 Å². The minimum Gasteiger partial charge on any atom is -0.481 e. The number of aromatic nitrogens is 2. The van der Waals surface area contributed by atoms with Crippen LogP contribution in [0.4, 0.5) is 5.69 Å². The third-order valence-electron chi connectivity index (χ3n) is 2.92. The van der Waals surface area contributed by atoms with Crippen LogP contribution in [0.25, 0.3) is 15.9 Å². The van der Waals surface area contributed by atoms with Crippen LogP contribution in [0.15, 0.2) is 41.1 Å². The Hall–Kier alpha value is -2.87. The number of pyridine rings is 1. The Kier molecular flexibility index (Phi) is 3.05. The van der Waals surface area contributed by atoms with Crippen LogP contribution in [0.1, 0.15) is 11.3 Å². The van der Waals surface area contributed by atoms with Gasteiger partial charge in [0.1, 0.15) is 12.1 Å². The summed E-state index contributed by atoms with van der Waals surface area (Å²) in [6.07, 6.45) is 1.31. The first-order valence-electron chi connectivity index (χ1n) is 6.07. The van der Waals surface area contributed by atoms with Gasteiger partial charge in [-0.25, -0.2) is 14.8 Å². The third-order valence-corrected chi connectivity index (χ3v) is 2.92. The summed E-state index contributed by atoms with van der Waals surface area (Å²) < 4.78 is 10.9. The molecule has 2 aromatic heterocycles. The van der Waals surface area contributed by atoms with Crippen molar-refractivity contribution < 1.29 is 9.15 Å². The average molecular weight is 265 g/mol. The van der Waals surface area contributed by atoms with Crippen molar-refractivity contribution in [2.24, 2.45) is 0 Å². The Balaban J connectivity index is 1.97. The molecule has 1 aromatic carbocycles. The normalized spacial score (nSPS) is 10.4. The number of aryl methyl sites for hydroxylation is 1. The van der Waals surface area contributed by atoms with Crippen LogP contribution in [-0.2, 0) is 6.61 Å². The number of ether oxygens (including phenoxy) is 1. The summed E-state index contributed by atoms with van der Waals surface area (Å²) in [5.41, 5.74) is 2.99. The molecule has 0 spiro atoms. The van der Waals surface area contributed by atoms with Crippen LogP contribution in [0.3, 0.4) is 0 Å². The van der Waals surface area contributed by atoms with Crippen molar-refractivity contribution >= 4 is 16.8 Å². The van der Waals surface area contributed by atoms with Crippen molar-refractivity contribution in [2.45, 2.75) is 13.5 Å². The molecule has 0 N–H and O–H groups in total. The number of nitrogens with zero attached hydrogens (tertiary/aromatic N) is 3. The van der Waals surface area contributed by atoms with E-state index in [0.717, 1.165) is 5.56 Å². The molecule has 0 bridgehead atoms. The molecule has 5 heteroatoms. The van der Waals surface area contributed by atoms with Crippen LogP contribution < -0.4 is 4.74 Å². The van der Waals surface area contributed by atoms with Gasteiger partial charge in [-0.3, -0.25) is 0 Å². The van der Waals surface area contributed by atoms with Crippen LogP contribution in [0.2, 0.25) is 0 Å². The Morgan fingerprint density at radius 2 is 2.10 bits per heavy atom. The topological polar surface area (TPSA) is 52.5 Å². The van der Waals surface area contributed by atoms with Crippen molar-refractivity contribution in [1.29, 1.82) is 0 Å². The maximum atomic E-state index is 7.28. The number of fused-ring (bicyclic) bond motifs is 1. The third kappa shape index (κ3) is 2.08. The molecule has 0 aliphatic carbocycles. The first-order chi connectivity index (χ1) is 9.79. The highest BCUT2D eigenvalue weighted by atomic mass is 16.5. The van der Waals surface area contributed by atoms with E-state index in [-0.39, 0.29) is 5.69 Å². The molecule has 0 radical (unpaired) electrons. The molecule has 0 unspecified atom stereocenters. The monoisotopic (exact) mass is 265 g/mol. The van der Waals surface area contributed by atoms with Crippen LogP contribution in [-0.4, -0.2) is 9.97 Å². The second-order valence-electron chi connectivity index (χ2n) is 4.27. The highest BCUT2D eigenvalue weighted by Gasteiger charge is 2.17. The summed E-state index contributed by atoms with van der Waals surface area (Å²) in [6.45, 7) is 9.44. The molecule has 0 aliphatic heterocycles. The van der Waals surface area contributed by atoms with E-state index in [2.05, 4.69) is 14.8 Å². The summed E-state index contributed by atoms with van der Waals surface area (Å²) in [7, 11) is 0. The molecule has 0 saturated heterocycles. The lowest BCUT2D eigenvalue weighted by Crippen LogP contribution is -1.98. The first kappa shape index (κ1) is 12.2. The largest absolute Gasteiger partial charge is 0.481 e. The summed E-state index contributed by atoms with van der Waals surface area (Å²) in [4.78, 5) is 11.8. The number of hydrogen-bond acceptors (Lipinski definition) is 4. The molecule has 2 heterocycles. The Bertz CT molecular complexity index is 788. The van der Waals surface area contributed by atoms with Crippen LogP contribution in [0.5, 0.6) is 5.88 Å². The standard InChI is InChI=1S/C15H11N3O2/c1-10-14-12(17-9-20-14)13(16-2)15(18-10)19-8-11-6-4-3-5-7-11/h3-7,9H,8H2,1H3. The molecule has 0 amide bonds. The molecular formula is C15H11N3O2. The minimum atomic E-state index is 0.287. The Morgan fingerprint density at radius 1 is 1.30 bits per heavy atom. The highest BCUT2D eigenvalue weighted by molar-refractivity contribution is 5.91. The van der Waals surface area contributed by atoms with Crippen molar-refractivity contribution in [3.63, 3.8) is 0 Å². The van der Waals surface area contributed by atoms with Gasteiger partial charge >= 0.3 is 0 Å². The molecule has 3 rings (SSSR count). The smallest absolute Gasteiger partial charge is 0.275 e. The fraction of sp³-hybridized carbons (Fsp3) is 0.133. The van der Waals surface area contributed by atoms with Crippen LogP contribution >= 0.6 is 0 Å². The predicted molar refractivity (Wildman–Crippen MR) is 73.6 cm³/mol. The fourth-order valence-electron chi connectivity index (χ4n) is 1.96. The molecular weight excluding hydrogens is 254 g/mol. The maximum absolute atomic E-state index is 7.28. The lowest BCUT2D eigenvalue weighted by Gasteiger charge is -2.08. The van der Waals surface area contributed by atoms with E-state index in [9.17, 15) is 0 Å². The molecule has 0 atom stereocenters. The van der Waals surface area contributed by atoms with E-state index < -0.39 is 0 Å². The Morgan fingerprint density at radius 3 is 2.85 bits per heavy atom. The van der Waals surface area contributed by atoms with Gasteiger partial charge < -0.3 is 9.15 Å². The number of benzene rings is 1. The Labute approximate surface area is 115 Å². The van der Waals surface area contributed by atoms with Crippen molar-refractivity contribution in [3.05, 3.63) is 59.4 Å². The maximum Gasteiger partial charge on any atom is 0.275 e. The van der Waals surface area contributed by atoms with Gasteiger partial charge in [0, 0.05) is 0 Å². The fourth-order valence-corrected chi connectivity index (χ4v) is 1.96. The lowest BCUT2D eigenvalue weighted by atomic mass is 10.2. The molecule has 20 heavy (non-hydrogen) atoms. The zero-order valence-corrected chi connectivity index (χ0v) is 10.8. The summed E-state index contributed by atoms with van der Waals surface area (Å²) >= 11 is 0. The van der Waals surface area contributed by atoms with Gasteiger partial charge in [-0.15, -0.1) is 0 Å². The van der Waals surface area contributed by atoms with Gasteiger partial charge in [0.05, 0.1) is 12.3 Å². The zero-order valence-electron chi connectivity index (χ0n) is 10.8. The molecule has 98 valence electrons. The van der Waals surface area contributed by atoms with Crippen LogP contribution in [0, 0.1) is 13.5 Å². The second kappa shape index (κ2) is 5.02. The van der Waals surface area contributed by atoms with Gasteiger partial charge in [0.2, 0.25) is 5.88 Å². The molecule has 0 fully saturated rings. The van der Waals surface area contributed by atoms with E-state index in [1.54, 1.807) is 6.92 Å². The zero-order chi connectivity index (χ0) is 13.9. The predicted octanol–water partition coefficient (Wildman–Crippen LogP) is 3.66. The van der Waals surface area contributed by atoms with Gasteiger partial charge in [0.25, 0.3) is 5.69 Å². The van der Waals surface area contributed by atoms with E-state index in [4.69, 9.17) is 15.7 Å². The van der Waals surface area contributed by atoms with Gasteiger partial charge in [-0.1, -0.05) is 30.3 Å². The number of hydrogen-bond donors (Lipinski definition) is 0. The quantitative estimate of drug-likeness (QED) is 0.678.